The molecule has 0 saturated heterocycles. The van der Waals surface area contributed by atoms with Gasteiger partial charge in [0.15, 0.2) is 0 Å². The molecule has 2 aromatic carbocycles. The molecule has 1 amide bonds. The van der Waals surface area contributed by atoms with Crippen molar-refractivity contribution in [3.05, 3.63) is 52.5 Å². The second-order valence-corrected chi connectivity index (χ2v) is 8.54. The van der Waals surface area contributed by atoms with E-state index >= 15 is 0 Å². The molecule has 9 heteroatoms. The first-order valence-corrected chi connectivity index (χ1v) is 10.7. The van der Waals surface area contributed by atoms with Crippen LogP contribution in [0.1, 0.15) is 13.8 Å². The molecule has 146 valence electrons. The number of hydrogen-bond acceptors (Lipinski definition) is 4. The highest BCUT2D eigenvalue weighted by Gasteiger charge is 2.29. The van der Waals surface area contributed by atoms with Crippen LogP contribution in [0.15, 0.2) is 42.5 Å². The van der Waals surface area contributed by atoms with Crippen molar-refractivity contribution < 1.29 is 17.9 Å². The van der Waals surface area contributed by atoms with Crippen molar-refractivity contribution in [2.45, 2.75) is 19.9 Å². The highest BCUT2D eigenvalue weighted by atomic mass is 35.5. The van der Waals surface area contributed by atoms with Crippen molar-refractivity contribution in [2.75, 3.05) is 22.5 Å². The third-order valence-corrected chi connectivity index (χ3v) is 5.30. The van der Waals surface area contributed by atoms with Gasteiger partial charge in [-0.25, -0.2) is 8.42 Å². The summed E-state index contributed by atoms with van der Waals surface area (Å²) in [5.74, 6) is 0.0908. The summed E-state index contributed by atoms with van der Waals surface area (Å²) < 4.78 is 31.1. The number of hydrogen-bond donors (Lipinski definition) is 1. The molecule has 0 aliphatic rings. The van der Waals surface area contributed by atoms with Gasteiger partial charge in [0.25, 0.3) is 0 Å². The maximum Gasteiger partial charge on any atom is 0.247 e. The summed E-state index contributed by atoms with van der Waals surface area (Å²) in [4.78, 5) is 12.6. The Balaban J connectivity index is 2.28. The number of anilines is 2. The molecule has 0 spiro atoms. The Kier molecular flexibility index (Phi) is 6.97. The molecule has 2 rings (SSSR count). The Hall–Kier alpha value is -1.96. The van der Waals surface area contributed by atoms with Crippen molar-refractivity contribution in [2.24, 2.45) is 0 Å². The van der Waals surface area contributed by atoms with Gasteiger partial charge in [-0.15, -0.1) is 0 Å². The second-order valence-electron chi connectivity index (χ2n) is 5.81. The number of carbonyl (C=O) groups excluding carboxylic acids is 1. The highest BCUT2D eigenvalue weighted by molar-refractivity contribution is 7.92. The van der Waals surface area contributed by atoms with E-state index in [1.807, 2.05) is 6.92 Å². The summed E-state index contributed by atoms with van der Waals surface area (Å²) in [5.41, 5.74) is 0.734. The monoisotopic (exact) mass is 430 g/mol. The zero-order chi connectivity index (χ0) is 20.2. The van der Waals surface area contributed by atoms with E-state index in [0.717, 1.165) is 10.6 Å². The summed E-state index contributed by atoms with van der Waals surface area (Å²) in [6, 6.07) is 10.1. The fourth-order valence-electron chi connectivity index (χ4n) is 2.54. The Labute approximate surface area is 169 Å². The maximum absolute atomic E-state index is 12.6. The Morgan fingerprint density at radius 2 is 1.70 bits per heavy atom. The first kappa shape index (κ1) is 21.3. The largest absolute Gasteiger partial charge is 0.494 e. The standard InChI is InChI=1S/C18H20Cl2N2O4S/c1-4-26-17-7-5-16(6-8-17)22(27(3,24)25)12(2)18(23)21-15-10-13(19)9-14(20)11-15/h5-12H,4H2,1-3H3,(H,21,23)/t12-/m1/s1. The number of benzene rings is 2. The minimum Gasteiger partial charge on any atom is -0.494 e. The number of amides is 1. The zero-order valence-corrected chi connectivity index (χ0v) is 17.4. The molecule has 6 nitrogen and oxygen atoms in total. The van der Waals surface area contributed by atoms with E-state index in [0.29, 0.717) is 33.8 Å². The third kappa shape index (κ3) is 5.76. The molecule has 1 N–H and O–H groups in total. The van der Waals surface area contributed by atoms with Crippen LogP contribution in [0.5, 0.6) is 5.75 Å². The van der Waals surface area contributed by atoms with Crippen LogP contribution in [0.4, 0.5) is 11.4 Å². The summed E-state index contributed by atoms with van der Waals surface area (Å²) in [6.07, 6.45) is 1.05. The van der Waals surface area contributed by atoms with Gasteiger partial charge in [0.1, 0.15) is 11.8 Å². The van der Waals surface area contributed by atoms with Crippen molar-refractivity contribution >= 4 is 50.5 Å². The lowest BCUT2D eigenvalue weighted by Gasteiger charge is -2.28. The molecule has 0 heterocycles. The molecule has 0 radical (unpaired) electrons. The van der Waals surface area contributed by atoms with E-state index in [4.69, 9.17) is 27.9 Å². The summed E-state index contributed by atoms with van der Waals surface area (Å²) in [7, 11) is -3.72. The van der Waals surface area contributed by atoms with Gasteiger partial charge in [-0.2, -0.15) is 0 Å². The molecule has 0 bridgehead atoms. The van der Waals surface area contributed by atoms with Crippen LogP contribution in [-0.4, -0.2) is 33.2 Å². The number of nitrogens with zero attached hydrogens (tertiary/aromatic N) is 1. The molecular weight excluding hydrogens is 411 g/mol. The number of rotatable bonds is 7. The summed E-state index contributed by atoms with van der Waals surface area (Å²) in [6.45, 7) is 3.85. The molecule has 27 heavy (non-hydrogen) atoms. The fourth-order valence-corrected chi connectivity index (χ4v) is 4.24. The molecule has 0 saturated carbocycles. The molecule has 0 unspecified atom stereocenters. The van der Waals surface area contributed by atoms with Crippen LogP contribution in [-0.2, 0) is 14.8 Å². The first-order valence-electron chi connectivity index (χ1n) is 8.11. The lowest BCUT2D eigenvalue weighted by molar-refractivity contribution is -0.116. The lowest BCUT2D eigenvalue weighted by atomic mass is 10.2. The predicted octanol–water partition coefficient (Wildman–Crippen LogP) is 4.19. The number of ether oxygens (including phenoxy) is 1. The van der Waals surface area contributed by atoms with E-state index in [2.05, 4.69) is 5.32 Å². The summed E-state index contributed by atoms with van der Waals surface area (Å²) in [5, 5.41) is 3.36. The van der Waals surface area contributed by atoms with Gasteiger partial charge in [-0.1, -0.05) is 23.2 Å². The van der Waals surface area contributed by atoms with Crippen LogP contribution in [0, 0.1) is 0 Å². The quantitative estimate of drug-likeness (QED) is 0.714. The Morgan fingerprint density at radius 3 is 2.19 bits per heavy atom. The van der Waals surface area contributed by atoms with Crippen molar-refractivity contribution in [3.63, 3.8) is 0 Å². The minimum absolute atomic E-state index is 0.354. The molecular formula is C18H20Cl2N2O4S. The summed E-state index contributed by atoms with van der Waals surface area (Å²) >= 11 is 11.9. The van der Waals surface area contributed by atoms with Gasteiger partial charge in [0.2, 0.25) is 15.9 Å². The number of carbonyl (C=O) groups is 1. The van der Waals surface area contributed by atoms with Crippen LogP contribution in [0.3, 0.4) is 0 Å². The molecule has 0 aliphatic carbocycles. The lowest BCUT2D eigenvalue weighted by Crippen LogP contribution is -2.45. The zero-order valence-electron chi connectivity index (χ0n) is 15.1. The van der Waals surface area contributed by atoms with E-state index in [9.17, 15) is 13.2 Å². The van der Waals surface area contributed by atoms with Crippen LogP contribution < -0.4 is 14.4 Å². The van der Waals surface area contributed by atoms with Crippen LogP contribution in [0.2, 0.25) is 10.0 Å². The average molecular weight is 431 g/mol. The van der Waals surface area contributed by atoms with Gasteiger partial charge >= 0.3 is 0 Å². The molecule has 0 aromatic heterocycles. The minimum atomic E-state index is -3.72. The molecule has 1 atom stereocenters. The Bertz CT molecular complexity index is 897. The molecule has 0 aliphatic heterocycles. The van der Waals surface area contributed by atoms with Crippen LogP contribution >= 0.6 is 23.2 Å². The van der Waals surface area contributed by atoms with Crippen molar-refractivity contribution in [1.29, 1.82) is 0 Å². The second kappa shape index (κ2) is 8.82. The first-order chi connectivity index (χ1) is 12.6. The van der Waals surface area contributed by atoms with Gasteiger partial charge in [-0.05, 0) is 56.3 Å². The number of halogens is 2. The van der Waals surface area contributed by atoms with Gasteiger partial charge in [0.05, 0.1) is 18.6 Å². The third-order valence-electron chi connectivity index (χ3n) is 3.62. The highest BCUT2D eigenvalue weighted by Crippen LogP contribution is 2.26. The Morgan fingerprint density at radius 1 is 1.15 bits per heavy atom. The topological polar surface area (TPSA) is 75.7 Å². The predicted molar refractivity (Wildman–Crippen MR) is 109 cm³/mol. The van der Waals surface area contributed by atoms with Crippen molar-refractivity contribution in [1.82, 2.24) is 0 Å². The average Bonchev–Trinajstić information content (AvgIpc) is 2.54. The van der Waals surface area contributed by atoms with E-state index in [1.54, 1.807) is 24.3 Å². The van der Waals surface area contributed by atoms with Gasteiger partial charge < -0.3 is 10.1 Å². The maximum atomic E-state index is 12.6. The van der Waals surface area contributed by atoms with E-state index in [-0.39, 0.29) is 0 Å². The molecule has 2 aromatic rings. The smallest absolute Gasteiger partial charge is 0.247 e. The van der Waals surface area contributed by atoms with E-state index in [1.165, 1.54) is 25.1 Å². The van der Waals surface area contributed by atoms with E-state index < -0.39 is 22.0 Å². The SMILES string of the molecule is CCOc1ccc(N([C@H](C)C(=O)Nc2cc(Cl)cc(Cl)c2)S(C)(=O)=O)cc1. The fraction of sp³-hybridized carbons (Fsp3) is 0.278. The number of sulfonamides is 1. The van der Waals surface area contributed by atoms with Crippen molar-refractivity contribution in [3.8, 4) is 5.75 Å². The number of nitrogens with one attached hydrogen (secondary N) is 1. The van der Waals surface area contributed by atoms with Gasteiger partial charge in [0, 0.05) is 15.7 Å². The van der Waals surface area contributed by atoms with Crippen LogP contribution in [0.25, 0.3) is 0 Å². The molecule has 0 fully saturated rings. The normalized spacial score (nSPS) is 12.3. The van der Waals surface area contributed by atoms with Gasteiger partial charge in [-0.3, -0.25) is 9.10 Å².